The van der Waals surface area contributed by atoms with Gasteiger partial charge in [-0.2, -0.15) is 0 Å². The highest BCUT2D eigenvalue weighted by Gasteiger charge is 2.20. The number of likely N-dealkylation sites (N-methyl/N-ethyl adjacent to an activating group) is 1. The molecule has 100 valence electrons. The second kappa shape index (κ2) is 6.21. The molecule has 2 rings (SSSR count). The molecule has 3 nitrogen and oxygen atoms in total. The molecule has 0 radical (unpaired) electrons. The largest absolute Gasteiger partial charge is 0.493 e. The first-order valence-electron chi connectivity index (χ1n) is 6.76. The van der Waals surface area contributed by atoms with Crippen molar-refractivity contribution < 1.29 is 9.47 Å². The van der Waals surface area contributed by atoms with E-state index in [4.69, 9.17) is 9.47 Å². The quantitative estimate of drug-likeness (QED) is 0.870. The molecule has 0 saturated carbocycles. The molecule has 1 aromatic carbocycles. The summed E-state index contributed by atoms with van der Waals surface area (Å²) in [7, 11) is 1.97. The van der Waals surface area contributed by atoms with Crippen molar-refractivity contribution in [1.82, 2.24) is 5.32 Å². The van der Waals surface area contributed by atoms with Crippen LogP contribution in [-0.2, 0) is 11.2 Å². The van der Waals surface area contributed by atoms with Crippen LogP contribution in [0, 0.1) is 0 Å². The molecule has 0 spiro atoms. The standard InChI is InChI=1S/C15H23NO2/c1-11(2)18-10-14(16-3)13-8-4-6-12-7-5-9-17-15(12)13/h4,6,8,11,14,16H,5,7,9-10H2,1-3H3. The van der Waals surface area contributed by atoms with Crippen molar-refractivity contribution in [1.29, 1.82) is 0 Å². The number of benzene rings is 1. The number of hydrogen-bond acceptors (Lipinski definition) is 3. The lowest BCUT2D eigenvalue weighted by atomic mass is 9.98. The Hall–Kier alpha value is -1.06. The number of hydrogen-bond donors (Lipinski definition) is 1. The highest BCUT2D eigenvalue weighted by atomic mass is 16.5. The van der Waals surface area contributed by atoms with Gasteiger partial charge in [-0.15, -0.1) is 0 Å². The number of rotatable bonds is 5. The third-order valence-corrected chi connectivity index (χ3v) is 3.28. The molecule has 1 N–H and O–H groups in total. The van der Waals surface area contributed by atoms with E-state index in [2.05, 4.69) is 37.4 Å². The summed E-state index contributed by atoms with van der Waals surface area (Å²) in [6.07, 6.45) is 2.48. The maximum absolute atomic E-state index is 5.85. The van der Waals surface area contributed by atoms with Crippen molar-refractivity contribution in [3.05, 3.63) is 29.3 Å². The van der Waals surface area contributed by atoms with Gasteiger partial charge in [-0.3, -0.25) is 0 Å². The summed E-state index contributed by atoms with van der Waals surface area (Å²) in [4.78, 5) is 0. The summed E-state index contributed by atoms with van der Waals surface area (Å²) in [6, 6.07) is 6.60. The highest BCUT2D eigenvalue weighted by Crippen LogP contribution is 2.32. The topological polar surface area (TPSA) is 30.5 Å². The molecule has 0 fully saturated rings. The van der Waals surface area contributed by atoms with E-state index in [-0.39, 0.29) is 12.1 Å². The van der Waals surface area contributed by atoms with Gasteiger partial charge in [-0.05, 0) is 39.3 Å². The molecule has 1 aliphatic rings. The summed E-state index contributed by atoms with van der Waals surface area (Å²) in [5.41, 5.74) is 2.54. The smallest absolute Gasteiger partial charge is 0.127 e. The monoisotopic (exact) mass is 249 g/mol. The Morgan fingerprint density at radius 2 is 2.22 bits per heavy atom. The normalized spacial score (nSPS) is 16.2. The minimum atomic E-state index is 0.195. The van der Waals surface area contributed by atoms with Gasteiger partial charge in [-0.1, -0.05) is 18.2 Å². The van der Waals surface area contributed by atoms with E-state index in [0.29, 0.717) is 6.61 Å². The Morgan fingerprint density at radius 1 is 1.39 bits per heavy atom. The van der Waals surface area contributed by atoms with Crippen molar-refractivity contribution in [3.8, 4) is 5.75 Å². The van der Waals surface area contributed by atoms with Crippen LogP contribution in [0.4, 0.5) is 0 Å². The van der Waals surface area contributed by atoms with Gasteiger partial charge in [0.2, 0.25) is 0 Å². The lowest BCUT2D eigenvalue weighted by Crippen LogP contribution is -2.25. The first kappa shape index (κ1) is 13.4. The molecule has 1 unspecified atom stereocenters. The summed E-state index contributed by atoms with van der Waals surface area (Å²) in [6.45, 7) is 5.62. The van der Waals surface area contributed by atoms with Crippen molar-refractivity contribution >= 4 is 0 Å². The molecule has 0 saturated heterocycles. The molecule has 0 bridgehead atoms. The van der Waals surface area contributed by atoms with Gasteiger partial charge in [0.15, 0.2) is 0 Å². The molecule has 0 aromatic heterocycles. The average Bonchev–Trinajstić information content (AvgIpc) is 2.39. The third-order valence-electron chi connectivity index (χ3n) is 3.28. The van der Waals surface area contributed by atoms with Gasteiger partial charge in [0.25, 0.3) is 0 Å². The Labute approximate surface area is 109 Å². The van der Waals surface area contributed by atoms with Gasteiger partial charge < -0.3 is 14.8 Å². The van der Waals surface area contributed by atoms with E-state index in [9.17, 15) is 0 Å². The van der Waals surface area contributed by atoms with Gasteiger partial charge >= 0.3 is 0 Å². The zero-order chi connectivity index (χ0) is 13.0. The Morgan fingerprint density at radius 3 is 2.94 bits per heavy atom. The second-order valence-corrected chi connectivity index (χ2v) is 5.01. The Kier molecular flexibility index (Phi) is 4.61. The maximum atomic E-state index is 5.85. The molecule has 1 heterocycles. The third kappa shape index (κ3) is 3.03. The van der Waals surface area contributed by atoms with Gasteiger partial charge in [0.1, 0.15) is 5.75 Å². The van der Waals surface area contributed by atoms with Crippen molar-refractivity contribution in [2.45, 2.75) is 38.8 Å². The minimum absolute atomic E-state index is 0.195. The lowest BCUT2D eigenvalue weighted by Gasteiger charge is -2.25. The zero-order valence-corrected chi connectivity index (χ0v) is 11.5. The van der Waals surface area contributed by atoms with Crippen LogP contribution in [-0.4, -0.2) is 26.4 Å². The summed E-state index contributed by atoms with van der Waals surface area (Å²) in [5, 5.41) is 3.32. The van der Waals surface area contributed by atoms with Crippen LogP contribution in [0.3, 0.4) is 0 Å². The predicted octanol–water partition coefficient (Wildman–Crippen LogP) is 2.70. The lowest BCUT2D eigenvalue weighted by molar-refractivity contribution is 0.0618. The number of ether oxygens (including phenoxy) is 2. The van der Waals surface area contributed by atoms with Gasteiger partial charge in [0, 0.05) is 5.56 Å². The van der Waals surface area contributed by atoms with Crippen LogP contribution in [0.25, 0.3) is 0 Å². The fourth-order valence-electron chi connectivity index (χ4n) is 2.31. The minimum Gasteiger partial charge on any atom is -0.493 e. The average molecular weight is 249 g/mol. The van der Waals surface area contributed by atoms with Crippen LogP contribution in [0.5, 0.6) is 5.75 Å². The Bertz CT molecular complexity index is 390. The molecule has 3 heteroatoms. The highest BCUT2D eigenvalue weighted by molar-refractivity contribution is 5.44. The van der Waals surface area contributed by atoms with Crippen molar-refractivity contribution in [3.63, 3.8) is 0 Å². The molecule has 1 atom stereocenters. The first-order valence-corrected chi connectivity index (χ1v) is 6.76. The van der Waals surface area contributed by atoms with Crippen LogP contribution >= 0.6 is 0 Å². The fourth-order valence-corrected chi connectivity index (χ4v) is 2.31. The van der Waals surface area contributed by atoms with Crippen LogP contribution < -0.4 is 10.1 Å². The summed E-state index contributed by atoms with van der Waals surface area (Å²) >= 11 is 0. The summed E-state index contributed by atoms with van der Waals surface area (Å²) in [5.74, 6) is 1.07. The number of fused-ring (bicyclic) bond motifs is 1. The number of aryl methyl sites for hydroxylation is 1. The maximum Gasteiger partial charge on any atom is 0.127 e. The van der Waals surface area contributed by atoms with E-state index in [1.165, 1.54) is 11.1 Å². The van der Waals surface area contributed by atoms with Gasteiger partial charge in [-0.25, -0.2) is 0 Å². The van der Waals surface area contributed by atoms with Crippen molar-refractivity contribution in [2.75, 3.05) is 20.3 Å². The van der Waals surface area contributed by atoms with Crippen LogP contribution in [0.1, 0.15) is 37.4 Å². The number of nitrogens with one attached hydrogen (secondary N) is 1. The molecule has 0 amide bonds. The molecule has 0 aliphatic carbocycles. The first-order chi connectivity index (χ1) is 8.72. The van der Waals surface area contributed by atoms with E-state index >= 15 is 0 Å². The SMILES string of the molecule is CNC(COC(C)C)c1cccc2c1OCCC2. The molecular weight excluding hydrogens is 226 g/mol. The second-order valence-electron chi connectivity index (χ2n) is 5.01. The Balaban J connectivity index is 2.19. The van der Waals surface area contributed by atoms with Crippen LogP contribution in [0.15, 0.2) is 18.2 Å². The van der Waals surface area contributed by atoms with E-state index in [0.717, 1.165) is 25.2 Å². The fraction of sp³-hybridized carbons (Fsp3) is 0.600. The number of para-hydroxylation sites is 1. The van der Waals surface area contributed by atoms with E-state index in [1.54, 1.807) is 0 Å². The van der Waals surface area contributed by atoms with E-state index in [1.807, 2.05) is 7.05 Å². The molecule has 18 heavy (non-hydrogen) atoms. The molecule has 1 aromatic rings. The zero-order valence-electron chi connectivity index (χ0n) is 11.5. The summed E-state index contributed by atoms with van der Waals surface area (Å²) < 4.78 is 11.6. The van der Waals surface area contributed by atoms with Crippen molar-refractivity contribution in [2.24, 2.45) is 0 Å². The van der Waals surface area contributed by atoms with Gasteiger partial charge in [0.05, 0.1) is 25.4 Å². The molecule has 1 aliphatic heterocycles. The van der Waals surface area contributed by atoms with E-state index < -0.39 is 0 Å². The molecular formula is C15H23NO2. The van der Waals surface area contributed by atoms with Crippen LogP contribution in [0.2, 0.25) is 0 Å². The predicted molar refractivity (Wildman–Crippen MR) is 73.1 cm³/mol.